The van der Waals surface area contributed by atoms with Crippen LogP contribution in [0.4, 0.5) is 0 Å². The predicted octanol–water partition coefficient (Wildman–Crippen LogP) is 4.17. The lowest BCUT2D eigenvalue weighted by Crippen LogP contribution is -2.20. The van der Waals surface area contributed by atoms with E-state index in [0.29, 0.717) is 5.56 Å². The zero-order valence-corrected chi connectivity index (χ0v) is 15.8. The summed E-state index contributed by atoms with van der Waals surface area (Å²) in [5.74, 6) is -1.65. The number of carbonyl (C=O) groups is 2. The lowest BCUT2D eigenvalue weighted by atomic mass is 9.92. The van der Waals surface area contributed by atoms with E-state index in [1.165, 1.54) is 0 Å². The molecule has 0 fully saturated rings. The highest BCUT2D eigenvalue weighted by molar-refractivity contribution is 6.22. The monoisotopic (exact) mass is 375 g/mol. The Hall–Kier alpha value is -3.65. The first-order chi connectivity index (χ1) is 13.6. The van der Waals surface area contributed by atoms with Crippen LogP contribution in [-0.2, 0) is 19.1 Å². The van der Waals surface area contributed by atoms with Crippen molar-refractivity contribution in [3.05, 3.63) is 82.9 Å². The maximum Gasteiger partial charge on any atom is 0.346 e. The average molecular weight is 375 g/mol. The van der Waals surface area contributed by atoms with Crippen molar-refractivity contribution in [3.8, 4) is 6.07 Å². The highest BCUT2D eigenvalue weighted by Gasteiger charge is 2.28. The molecule has 28 heavy (non-hydrogen) atoms. The minimum Gasteiger partial charge on any atom is -0.462 e. The average Bonchev–Trinajstić information content (AvgIpc) is 2.72. The van der Waals surface area contributed by atoms with E-state index < -0.39 is 11.9 Å². The molecule has 5 nitrogen and oxygen atoms in total. The van der Waals surface area contributed by atoms with Crippen molar-refractivity contribution in [1.29, 1.82) is 5.26 Å². The Morgan fingerprint density at radius 1 is 0.893 bits per heavy atom. The smallest absolute Gasteiger partial charge is 0.346 e. The van der Waals surface area contributed by atoms with Crippen molar-refractivity contribution >= 4 is 23.6 Å². The Morgan fingerprint density at radius 3 is 1.86 bits per heavy atom. The molecular weight excluding hydrogens is 354 g/mol. The molecule has 0 saturated heterocycles. The number of rotatable bonds is 7. The summed E-state index contributed by atoms with van der Waals surface area (Å²) >= 11 is 0. The van der Waals surface area contributed by atoms with Crippen molar-refractivity contribution in [3.63, 3.8) is 0 Å². The third-order valence-electron chi connectivity index (χ3n) is 3.77. The van der Waals surface area contributed by atoms with E-state index in [1.807, 2.05) is 36.4 Å². The van der Waals surface area contributed by atoms with E-state index >= 15 is 0 Å². The van der Waals surface area contributed by atoms with Crippen molar-refractivity contribution in [2.45, 2.75) is 13.8 Å². The summed E-state index contributed by atoms with van der Waals surface area (Å²) in [7, 11) is 0. The molecule has 0 radical (unpaired) electrons. The summed E-state index contributed by atoms with van der Waals surface area (Å²) in [6.07, 6.45) is 1.63. The highest BCUT2D eigenvalue weighted by Crippen LogP contribution is 2.29. The minimum absolute atomic E-state index is 0.0914. The van der Waals surface area contributed by atoms with Gasteiger partial charge >= 0.3 is 11.9 Å². The van der Waals surface area contributed by atoms with Gasteiger partial charge in [-0.25, -0.2) is 9.59 Å². The number of carbonyl (C=O) groups excluding carboxylic acids is 2. The molecule has 0 aliphatic heterocycles. The van der Waals surface area contributed by atoms with Gasteiger partial charge in [-0.15, -0.1) is 0 Å². The number of allylic oxidation sites excluding steroid dienone is 2. The van der Waals surface area contributed by atoms with Gasteiger partial charge in [0, 0.05) is 5.57 Å². The van der Waals surface area contributed by atoms with Gasteiger partial charge < -0.3 is 9.47 Å². The number of hydrogen-bond donors (Lipinski definition) is 0. The van der Waals surface area contributed by atoms with Gasteiger partial charge in [-0.3, -0.25) is 0 Å². The number of nitrogens with zero attached hydrogens (tertiary/aromatic N) is 1. The van der Waals surface area contributed by atoms with E-state index in [9.17, 15) is 14.9 Å². The fraction of sp³-hybridized carbons (Fsp3) is 0.174. The van der Waals surface area contributed by atoms with Gasteiger partial charge in [0.2, 0.25) is 0 Å². The van der Waals surface area contributed by atoms with Crippen LogP contribution in [0, 0.1) is 11.3 Å². The first-order valence-electron chi connectivity index (χ1n) is 8.93. The third kappa shape index (κ3) is 5.18. The molecule has 0 aromatic heterocycles. The molecule has 0 aliphatic carbocycles. The van der Waals surface area contributed by atoms with Crippen LogP contribution in [0.25, 0.3) is 11.6 Å². The Balaban J connectivity index is 2.79. The van der Waals surface area contributed by atoms with Gasteiger partial charge in [-0.1, -0.05) is 60.7 Å². The van der Waals surface area contributed by atoms with E-state index in [0.717, 1.165) is 5.56 Å². The van der Waals surface area contributed by atoms with Crippen LogP contribution in [0.1, 0.15) is 25.0 Å². The zero-order chi connectivity index (χ0) is 20.4. The Labute approximate surface area is 164 Å². The zero-order valence-electron chi connectivity index (χ0n) is 15.8. The van der Waals surface area contributed by atoms with Crippen molar-refractivity contribution in [2.24, 2.45) is 0 Å². The summed E-state index contributed by atoms with van der Waals surface area (Å²) in [4.78, 5) is 25.3. The Morgan fingerprint density at radius 2 is 1.39 bits per heavy atom. The second kappa shape index (κ2) is 10.5. The molecule has 0 N–H and O–H groups in total. The molecule has 0 amide bonds. The van der Waals surface area contributed by atoms with Gasteiger partial charge in [0.15, 0.2) is 5.57 Å². The summed E-state index contributed by atoms with van der Waals surface area (Å²) < 4.78 is 10.2. The second-order valence-electron chi connectivity index (χ2n) is 5.64. The van der Waals surface area contributed by atoms with Gasteiger partial charge in [-0.2, -0.15) is 5.26 Å². The summed E-state index contributed by atoms with van der Waals surface area (Å²) in [6, 6.07) is 20.1. The van der Waals surface area contributed by atoms with Crippen LogP contribution in [0.3, 0.4) is 0 Å². The molecule has 0 saturated carbocycles. The maximum atomic E-state index is 12.6. The lowest BCUT2D eigenvalue weighted by molar-refractivity contribution is -0.146. The molecule has 0 atom stereocenters. The number of ether oxygens (including phenoxy) is 2. The van der Waals surface area contributed by atoms with Crippen LogP contribution < -0.4 is 0 Å². The van der Waals surface area contributed by atoms with Crippen LogP contribution in [-0.4, -0.2) is 25.2 Å². The first kappa shape index (κ1) is 20.7. The fourth-order valence-electron chi connectivity index (χ4n) is 2.61. The maximum absolute atomic E-state index is 12.6. The van der Waals surface area contributed by atoms with Crippen molar-refractivity contribution in [1.82, 2.24) is 0 Å². The highest BCUT2D eigenvalue weighted by atomic mass is 16.6. The second-order valence-corrected chi connectivity index (χ2v) is 5.64. The first-order valence-corrected chi connectivity index (χ1v) is 8.93. The lowest BCUT2D eigenvalue weighted by Gasteiger charge is -2.14. The van der Waals surface area contributed by atoms with Crippen LogP contribution in [0.5, 0.6) is 0 Å². The van der Waals surface area contributed by atoms with E-state index in [2.05, 4.69) is 6.07 Å². The minimum atomic E-state index is -0.825. The molecule has 2 aromatic rings. The largest absolute Gasteiger partial charge is 0.462 e. The van der Waals surface area contributed by atoms with Crippen molar-refractivity contribution in [2.75, 3.05) is 13.2 Å². The number of esters is 2. The predicted molar refractivity (Wildman–Crippen MR) is 107 cm³/mol. The molecular formula is C23H21NO4. The number of hydrogen-bond acceptors (Lipinski definition) is 5. The van der Waals surface area contributed by atoms with Gasteiger partial charge in [0.25, 0.3) is 0 Å². The number of benzene rings is 2. The van der Waals surface area contributed by atoms with Crippen LogP contribution >= 0.6 is 0 Å². The molecule has 0 bridgehead atoms. The Bertz CT molecular complexity index is 902. The third-order valence-corrected chi connectivity index (χ3v) is 3.77. The van der Waals surface area contributed by atoms with Crippen molar-refractivity contribution < 1.29 is 19.1 Å². The van der Waals surface area contributed by atoms with Gasteiger partial charge in [-0.05, 0) is 31.1 Å². The molecule has 142 valence electrons. The molecule has 0 spiro atoms. The van der Waals surface area contributed by atoms with Gasteiger partial charge in [0.1, 0.15) is 0 Å². The van der Waals surface area contributed by atoms with E-state index in [4.69, 9.17) is 9.47 Å². The summed E-state index contributed by atoms with van der Waals surface area (Å²) in [5, 5.41) is 9.83. The molecule has 0 unspecified atom stereocenters. The van der Waals surface area contributed by atoms with E-state index in [-0.39, 0.29) is 29.9 Å². The molecule has 5 heteroatoms. The fourth-order valence-corrected chi connectivity index (χ4v) is 2.61. The molecule has 0 aliphatic rings. The normalized spacial score (nSPS) is 10.5. The summed E-state index contributed by atoms with van der Waals surface area (Å²) in [5.41, 5.74) is 1.36. The van der Waals surface area contributed by atoms with E-state index in [1.54, 1.807) is 44.2 Å². The van der Waals surface area contributed by atoms with Gasteiger partial charge in [0.05, 0.1) is 24.9 Å². The quantitative estimate of drug-likeness (QED) is 0.181. The summed E-state index contributed by atoms with van der Waals surface area (Å²) in [6.45, 7) is 3.48. The number of nitriles is 1. The SMILES string of the molecule is CCOC(=O)C(C(=O)OCC)=C(C(C#N)=Cc1ccccc1)c1ccccc1. The van der Waals surface area contributed by atoms with Crippen LogP contribution in [0.15, 0.2) is 71.8 Å². The molecule has 2 rings (SSSR count). The van der Waals surface area contributed by atoms with Crippen LogP contribution in [0.2, 0.25) is 0 Å². The topological polar surface area (TPSA) is 76.4 Å². The Kier molecular flexibility index (Phi) is 7.74. The molecule has 2 aromatic carbocycles. The standard InChI is InChI=1S/C23H21NO4/c1-3-27-22(25)21(23(26)28-4-2)20(18-13-9-6-10-14-18)19(16-24)15-17-11-7-5-8-12-17/h5-15H,3-4H2,1-2H3. The molecule has 0 heterocycles.